The second kappa shape index (κ2) is 6.21. The maximum atomic E-state index is 12.0. The van der Waals surface area contributed by atoms with Crippen LogP contribution in [0.2, 0.25) is 0 Å². The molecule has 4 heteroatoms. The molecule has 18 heavy (non-hydrogen) atoms. The largest absolute Gasteiger partial charge is 0.508 e. The highest BCUT2D eigenvalue weighted by Crippen LogP contribution is 2.11. The normalized spacial score (nSPS) is 11.9. The van der Waals surface area contributed by atoms with E-state index in [1.54, 1.807) is 36.2 Å². The molecule has 1 atom stereocenters. The van der Waals surface area contributed by atoms with Crippen LogP contribution in [0.5, 0.6) is 5.75 Å². The molecule has 3 N–H and O–H groups in total. The molecule has 1 amide bonds. The van der Waals surface area contributed by atoms with Gasteiger partial charge in [-0.1, -0.05) is 24.3 Å². The lowest BCUT2D eigenvalue weighted by Gasteiger charge is -2.21. The zero-order chi connectivity index (χ0) is 13.7. The molecule has 0 spiro atoms. The second-order valence-corrected chi connectivity index (χ2v) is 4.63. The molecule has 0 bridgehead atoms. The minimum Gasteiger partial charge on any atom is -0.508 e. The molecule has 1 aromatic carbocycles. The number of rotatable bonds is 5. The lowest BCUT2D eigenvalue weighted by Crippen LogP contribution is -2.43. The summed E-state index contributed by atoms with van der Waals surface area (Å²) in [6.07, 6.45) is 0.458. The maximum absolute atomic E-state index is 12.0. The first-order valence-electron chi connectivity index (χ1n) is 5.83. The molecule has 0 unspecified atom stereocenters. The monoisotopic (exact) mass is 248 g/mol. The average Bonchev–Trinajstić information content (AvgIpc) is 2.30. The molecule has 1 aromatic rings. The van der Waals surface area contributed by atoms with Gasteiger partial charge in [-0.05, 0) is 31.0 Å². The topological polar surface area (TPSA) is 66.6 Å². The van der Waals surface area contributed by atoms with Crippen molar-refractivity contribution in [1.82, 2.24) is 4.90 Å². The van der Waals surface area contributed by atoms with Crippen LogP contribution in [0.3, 0.4) is 0 Å². The summed E-state index contributed by atoms with van der Waals surface area (Å²) in [5.41, 5.74) is 7.73. The Labute approximate surface area is 108 Å². The van der Waals surface area contributed by atoms with Crippen LogP contribution in [0.25, 0.3) is 0 Å². The molecular formula is C14H20N2O2. The van der Waals surface area contributed by atoms with Gasteiger partial charge < -0.3 is 15.7 Å². The zero-order valence-corrected chi connectivity index (χ0v) is 10.9. The third kappa shape index (κ3) is 4.22. The van der Waals surface area contributed by atoms with Gasteiger partial charge in [0.2, 0.25) is 5.91 Å². The van der Waals surface area contributed by atoms with Crippen molar-refractivity contribution in [3.05, 3.63) is 42.0 Å². The molecule has 4 nitrogen and oxygen atoms in total. The first-order valence-corrected chi connectivity index (χ1v) is 5.83. The van der Waals surface area contributed by atoms with Crippen molar-refractivity contribution in [1.29, 1.82) is 0 Å². The highest BCUT2D eigenvalue weighted by Gasteiger charge is 2.18. The van der Waals surface area contributed by atoms with Gasteiger partial charge in [-0.25, -0.2) is 0 Å². The average molecular weight is 248 g/mol. The summed E-state index contributed by atoms with van der Waals surface area (Å²) >= 11 is 0. The summed E-state index contributed by atoms with van der Waals surface area (Å²) in [7, 11) is 1.72. The number of hydrogen-bond acceptors (Lipinski definition) is 3. The number of phenols is 1. The summed E-state index contributed by atoms with van der Waals surface area (Å²) in [6.45, 7) is 6.15. The van der Waals surface area contributed by atoms with E-state index in [4.69, 9.17) is 5.73 Å². The van der Waals surface area contributed by atoms with Crippen LogP contribution in [0.1, 0.15) is 12.5 Å². The quantitative estimate of drug-likeness (QED) is 0.772. The van der Waals surface area contributed by atoms with E-state index in [0.29, 0.717) is 13.0 Å². The Balaban J connectivity index is 2.59. The summed E-state index contributed by atoms with van der Waals surface area (Å²) in [6, 6.07) is 6.13. The fourth-order valence-electron chi connectivity index (χ4n) is 1.74. The highest BCUT2D eigenvalue weighted by atomic mass is 16.3. The molecule has 0 aliphatic carbocycles. The minimum absolute atomic E-state index is 0.105. The number of phenolic OH excluding ortho intramolecular Hbond substituents is 1. The predicted molar refractivity (Wildman–Crippen MR) is 72.2 cm³/mol. The number of benzene rings is 1. The maximum Gasteiger partial charge on any atom is 0.239 e. The fraction of sp³-hybridized carbons (Fsp3) is 0.357. The summed E-state index contributed by atoms with van der Waals surface area (Å²) in [4.78, 5) is 13.5. The van der Waals surface area contributed by atoms with Crippen LogP contribution in [0.15, 0.2) is 36.4 Å². The van der Waals surface area contributed by atoms with Gasteiger partial charge in [-0.2, -0.15) is 0 Å². The van der Waals surface area contributed by atoms with E-state index < -0.39 is 6.04 Å². The predicted octanol–water partition coefficient (Wildman–Crippen LogP) is 1.30. The number of nitrogens with zero attached hydrogens (tertiary/aromatic N) is 1. The van der Waals surface area contributed by atoms with Crippen molar-refractivity contribution in [2.75, 3.05) is 13.6 Å². The van der Waals surface area contributed by atoms with Gasteiger partial charge in [-0.15, -0.1) is 0 Å². The van der Waals surface area contributed by atoms with E-state index in [1.807, 2.05) is 6.92 Å². The summed E-state index contributed by atoms with van der Waals surface area (Å²) in [5, 5.41) is 9.17. The molecule has 0 heterocycles. The number of carbonyl (C=O) groups excluding carboxylic acids is 1. The van der Waals surface area contributed by atoms with Crippen LogP contribution in [-0.4, -0.2) is 35.5 Å². The van der Waals surface area contributed by atoms with Crippen LogP contribution < -0.4 is 5.73 Å². The number of amides is 1. The smallest absolute Gasteiger partial charge is 0.239 e. The fourth-order valence-corrected chi connectivity index (χ4v) is 1.74. The van der Waals surface area contributed by atoms with E-state index in [0.717, 1.165) is 11.1 Å². The van der Waals surface area contributed by atoms with Gasteiger partial charge in [-0.3, -0.25) is 4.79 Å². The Kier molecular flexibility index (Phi) is 4.92. The molecule has 0 aliphatic rings. The Morgan fingerprint density at radius 3 is 2.50 bits per heavy atom. The number of likely N-dealkylation sites (N-methyl/N-ethyl adjacent to an activating group) is 1. The van der Waals surface area contributed by atoms with E-state index in [-0.39, 0.29) is 11.7 Å². The molecule has 98 valence electrons. The van der Waals surface area contributed by atoms with Gasteiger partial charge in [0.1, 0.15) is 5.75 Å². The minimum atomic E-state index is -0.570. The zero-order valence-electron chi connectivity index (χ0n) is 10.9. The van der Waals surface area contributed by atoms with E-state index in [2.05, 4.69) is 6.58 Å². The standard InChI is InChI=1S/C14H20N2O2/c1-10(2)9-16(3)14(18)13(15)8-11-4-6-12(17)7-5-11/h4-7,13,17H,1,8-9,15H2,2-3H3/t13-/m1/s1. The molecule has 0 aromatic heterocycles. The van der Waals surface area contributed by atoms with Crippen molar-refractivity contribution in [2.24, 2.45) is 5.73 Å². The molecule has 0 radical (unpaired) electrons. The second-order valence-electron chi connectivity index (χ2n) is 4.63. The Morgan fingerprint density at radius 1 is 1.44 bits per heavy atom. The van der Waals surface area contributed by atoms with Crippen LogP contribution in [-0.2, 0) is 11.2 Å². The Morgan fingerprint density at radius 2 is 2.00 bits per heavy atom. The molecule has 0 aliphatic heterocycles. The number of carbonyl (C=O) groups is 1. The van der Waals surface area contributed by atoms with E-state index >= 15 is 0 Å². The van der Waals surface area contributed by atoms with Crippen LogP contribution in [0, 0.1) is 0 Å². The third-order valence-electron chi connectivity index (χ3n) is 2.59. The molecule has 0 fully saturated rings. The van der Waals surface area contributed by atoms with Gasteiger partial charge in [0.15, 0.2) is 0 Å². The Bertz CT molecular complexity index is 426. The molecule has 1 rings (SSSR count). The number of hydrogen-bond donors (Lipinski definition) is 2. The third-order valence-corrected chi connectivity index (χ3v) is 2.59. The van der Waals surface area contributed by atoms with Crippen molar-refractivity contribution in [3.8, 4) is 5.75 Å². The van der Waals surface area contributed by atoms with Crippen molar-refractivity contribution >= 4 is 5.91 Å². The van der Waals surface area contributed by atoms with Gasteiger partial charge >= 0.3 is 0 Å². The molecule has 0 saturated carbocycles. The van der Waals surface area contributed by atoms with E-state index in [9.17, 15) is 9.90 Å². The number of aromatic hydroxyl groups is 1. The Hall–Kier alpha value is -1.81. The highest BCUT2D eigenvalue weighted by molar-refractivity contribution is 5.81. The van der Waals surface area contributed by atoms with Crippen molar-refractivity contribution < 1.29 is 9.90 Å². The number of nitrogens with two attached hydrogens (primary N) is 1. The van der Waals surface area contributed by atoms with Gasteiger partial charge in [0, 0.05) is 13.6 Å². The SMILES string of the molecule is C=C(C)CN(C)C(=O)[C@H](N)Cc1ccc(O)cc1. The van der Waals surface area contributed by atoms with Crippen molar-refractivity contribution in [3.63, 3.8) is 0 Å². The summed E-state index contributed by atoms with van der Waals surface area (Å²) in [5.74, 6) is 0.101. The van der Waals surface area contributed by atoms with Crippen molar-refractivity contribution in [2.45, 2.75) is 19.4 Å². The molecule has 0 saturated heterocycles. The lowest BCUT2D eigenvalue weighted by atomic mass is 10.1. The lowest BCUT2D eigenvalue weighted by molar-refractivity contribution is -0.130. The first kappa shape index (κ1) is 14.3. The van der Waals surface area contributed by atoms with Crippen LogP contribution >= 0.6 is 0 Å². The first-order chi connectivity index (χ1) is 8.40. The van der Waals surface area contributed by atoms with E-state index in [1.165, 1.54) is 0 Å². The molecular weight excluding hydrogens is 228 g/mol. The van der Waals surface area contributed by atoms with Crippen LogP contribution in [0.4, 0.5) is 0 Å². The summed E-state index contributed by atoms with van der Waals surface area (Å²) < 4.78 is 0. The van der Waals surface area contributed by atoms with Gasteiger partial charge in [0.05, 0.1) is 6.04 Å². The van der Waals surface area contributed by atoms with Gasteiger partial charge in [0.25, 0.3) is 0 Å².